The normalized spacial score (nSPS) is 14.4. The van der Waals surface area contributed by atoms with E-state index in [2.05, 4.69) is 19.2 Å². The Balaban J connectivity index is 3.10. The predicted molar refractivity (Wildman–Crippen MR) is 37.7 cm³/mol. The fourth-order valence-corrected chi connectivity index (χ4v) is 0.378. The molecule has 0 aliphatic heterocycles. The van der Waals surface area contributed by atoms with Gasteiger partial charge in [-0.3, -0.25) is 0 Å². The molecule has 0 spiro atoms. The molecule has 0 saturated heterocycles. The fourth-order valence-electron chi connectivity index (χ4n) is 0.378. The van der Waals surface area contributed by atoms with E-state index >= 15 is 0 Å². The summed E-state index contributed by atoms with van der Waals surface area (Å²) in [5.41, 5.74) is 0. The van der Waals surface area contributed by atoms with Gasteiger partial charge in [-0.15, -0.1) is 0 Å². The third-order valence-corrected chi connectivity index (χ3v) is 1.16. The van der Waals surface area contributed by atoms with E-state index in [-0.39, 0.29) is 0 Å². The van der Waals surface area contributed by atoms with Crippen LogP contribution in [0.5, 0.6) is 0 Å². The molecule has 0 bridgehead atoms. The minimum absolute atomic E-state index is 0.617. The first-order chi connectivity index (χ1) is 3.81. The maximum absolute atomic E-state index is 3.20. The zero-order valence-electron chi connectivity index (χ0n) is 5.94. The van der Waals surface area contributed by atoms with Gasteiger partial charge in [0.15, 0.2) is 0 Å². The van der Waals surface area contributed by atoms with Crippen LogP contribution in [0.25, 0.3) is 0 Å². The first kappa shape index (κ1) is 7.54. The molecular formula is C7H15N. The van der Waals surface area contributed by atoms with E-state index in [0.29, 0.717) is 6.04 Å². The lowest BCUT2D eigenvalue weighted by Gasteiger charge is -2.06. The van der Waals surface area contributed by atoms with Gasteiger partial charge in [0.05, 0.1) is 0 Å². The van der Waals surface area contributed by atoms with Crippen molar-refractivity contribution in [3.05, 3.63) is 12.3 Å². The van der Waals surface area contributed by atoms with Gasteiger partial charge in [0.1, 0.15) is 0 Å². The van der Waals surface area contributed by atoms with Gasteiger partial charge in [0, 0.05) is 6.04 Å². The molecule has 0 heterocycles. The molecule has 0 aliphatic rings. The first-order valence-electron chi connectivity index (χ1n) is 3.18. The molecule has 0 saturated carbocycles. The second-order valence-electron chi connectivity index (χ2n) is 1.98. The highest BCUT2D eigenvalue weighted by atomic mass is 14.9. The molecule has 1 atom stereocenters. The lowest BCUT2D eigenvalue weighted by molar-refractivity contribution is 0.618. The molecule has 0 amide bonds. The Morgan fingerprint density at radius 2 is 2.25 bits per heavy atom. The average Bonchev–Trinajstić information content (AvgIpc) is 1.83. The zero-order valence-corrected chi connectivity index (χ0v) is 5.94. The van der Waals surface area contributed by atoms with Crippen molar-refractivity contribution >= 4 is 0 Å². The van der Waals surface area contributed by atoms with Crippen LogP contribution >= 0.6 is 0 Å². The maximum atomic E-state index is 3.20. The van der Waals surface area contributed by atoms with Crippen molar-refractivity contribution in [3.8, 4) is 0 Å². The van der Waals surface area contributed by atoms with Gasteiger partial charge in [-0.2, -0.15) is 0 Å². The largest absolute Gasteiger partial charge is 0.389 e. The Hall–Kier alpha value is -0.460. The SMILES string of the molecule is C/C=C/NC(C)CC. The van der Waals surface area contributed by atoms with Gasteiger partial charge in [-0.25, -0.2) is 0 Å². The van der Waals surface area contributed by atoms with Crippen LogP contribution in [0, 0.1) is 0 Å². The molecule has 0 aromatic heterocycles. The Labute approximate surface area is 51.8 Å². The van der Waals surface area contributed by atoms with Crippen molar-refractivity contribution < 1.29 is 0 Å². The molecule has 0 rings (SSSR count). The average molecular weight is 113 g/mol. The molecule has 0 fully saturated rings. The van der Waals surface area contributed by atoms with Crippen LogP contribution in [0.15, 0.2) is 12.3 Å². The summed E-state index contributed by atoms with van der Waals surface area (Å²) in [6.07, 6.45) is 5.17. The minimum Gasteiger partial charge on any atom is -0.389 e. The molecule has 48 valence electrons. The summed E-state index contributed by atoms with van der Waals surface area (Å²) in [5, 5.41) is 3.20. The van der Waals surface area contributed by atoms with Crippen molar-refractivity contribution in [2.24, 2.45) is 0 Å². The van der Waals surface area contributed by atoms with Crippen LogP contribution < -0.4 is 5.32 Å². The Bertz CT molecular complexity index is 66.8. The quantitative estimate of drug-likeness (QED) is 0.589. The summed E-state index contributed by atoms with van der Waals surface area (Å²) < 4.78 is 0. The predicted octanol–water partition coefficient (Wildman–Crippen LogP) is 1.91. The summed E-state index contributed by atoms with van der Waals surface area (Å²) in [6.45, 7) is 6.34. The van der Waals surface area contributed by atoms with E-state index in [1.807, 2.05) is 19.2 Å². The lowest BCUT2D eigenvalue weighted by atomic mass is 10.3. The molecular weight excluding hydrogens is 98.1 g/mol. The Kier molecular flexibility index (Phi) is 4.42. The van der Waals surface area contributed by atoms with Gasteiger partial charge < -0.3 is 5.32 Å². The van der Waals surface area contributed by atoms with Crippen LogP contribution in [0.3, 0.4) is 0 Å². The topological polar surface area (TPSA) is 12.0 Å². The molecule has 1 N–H and O–H groups in total. The van der Waals surface area contributed by atoms with Crippen LogP contribution in [0.1, 0.15) is 27.2 Å². The monoisotopic (exact) mass is 113 g/mol. The highest BCUT2D eigenvalue weighted by Crippen LogP contribution is 1.85. The van der Waals surface area contributed by atoms with E-state index in [1.165, 1.54) is 6.42 Å². The molecule has 0 aliphatic carbocycles. The Morgan fingerprint density at radius 1 is 1.62 bits per heavy atom. The van der Waals surface area contributed by atoms with Crippen LogP contribution in [-0.4, -0.2) is 6.04 Å². The number of allylic oxidation sites excluding steroid dienone is 1. The second kappa shape index (κ2) is 4.69. The summed E-state index contributed by atoms with van der Waals surface area (Å²) in [4.78, 5) is 0. The summed E-state index contributed by atoms with van der Waals surface area (Å²) >= 11 is 0. The molecule has 8 heavy (non-hydrogen) atoms. The highest BCUT2D eigenvalue weighted by molar-refractivity contribution is 4.76. The van der Waals surface area contributed by atoms with Gasteiger partial charge in [0.25, 0.3) is 0 Å². The molecule has 0 radical (unpaired) electrons. The summed E-state index contributed by atoms with van der Waals surface area (Å²) in [7, 11) is 0. The summed E-state index contributed by atoms with van der Waals surface area (Å²) in [5.74, 6) is 0. The summed E-state index contributed by atoms with van der Waals surface area (Å²) in [6, 6.07) is 0.617. The number of rotatable bonds is 3. The minimum atomic E-state index is 0.617. The zero-order chi connectivity index (χ0) is 6.41. The second-order valence-corrected chi connectivity index (χ2v) is 1.98. The van der Waals surface area contributed by atoms with Crippen molar-refractivity contribution in [2.45, 2.75) is 33.2 Å². The van der Waals surface area contributed by atoms with E-state index < -0.39 is 0 Å². The lowest BCUT2D eigenvalue weighted by Crippen LogP contribution is -2.18. The van der Waals surface area contributed by atoms with Gasteiger partial charge in [0.2, 0.25) is 0 Å². The third kappa shape index (κ3) is 3.72. The van der Waals surface area contributed by atoms with Crippen LogP contribution in [0.2, 0.25) is 0 Å². The standard InChI is InChI=1S/C7H15N/c1-4-6-8-7(3)5-2/h4,6-8H,5H2,1-3H3/b6-4+. The molecule has 1 heteroatoms. The molecule has 0 aromatic carbocycles. The Morgan fingerprint density at radius 3 is 2.62 bits per heavy atom. The number of nitrogens with one attached hydrogen (secondary N) is 1. The van der Waals surface area contributed by atoms with Gasteiger partial charge in [-0.05, 0) is 26.5 Å². The fraction of sp³-hybridized carbons (Fsp3) is 0.714. The van der Waals surface area contributed by atoms with E-state index in [1.54, 1.807) is 0 Å². The first-order valence-corrected chi connectivity index (χ1v) is 3.18. The van der Waals surface area contributed by atoms with E-state index in [9.17, 15) is 0 Å². The molecule has 1 nitrogen and oxygen atoms in total. The van der Waals surface area contributed by atoms with Gasteiger partial charge >= 0.3 is 0 Å². The van der Waals surface area contributed by atoms with E-state index in [0.717, 1.165) is 0 Å². The third-order valence-electron chi connectivity index (χ3n) is 1.16. The smallest absolute Gasteiger partial charge is 0.0224 e. The molecule has 1 unspecified atom stereocenters. The van der Waals surface area contributed by atoms with Crippen molar-refractivity contribution in [3.63, 3.8) is 0 Å². The van der Waals surface area contributed by atoms with Crippen molar-refractivity contribution in [1.29, 1.82) is 0 Å². The van der Waals surface area contributed by atoms with E-state index in [4.69, 9.17) is 0 Å². The number of hydrogen-bond donors (Lipinski definition) is 1. The van der Waals surface area contributed by atoms with Gasteiger partial charge in [-0.1, -0.05) is 13.0 Å². The maximum Gasteiger partial charge on any atom is 0.0224 e. The van der Waals surface area contributed by atoms with Crippen LogP contribution in [0.4, 0.5) is 0 Å². The highest BCUT2D eigenvalue weighted by Gasteiger charge is 1.88. The van der Waals surface area contributed by atoms with Crippen molar-refractivity contribution in [2.75, 3.05) is 0 Å². The van der Waals surface area contributed by atoms with Crippen LogP contribution in [-0.2, 0) is 0 Å². The molecule has 0 aromatic rings. The van der Waals surface area contributed by atoms with Crippen molar-refractivity contribution in [1.82, 2.24) is 5.32 Å². The number of hydrogen-bond acceptors (Lipinski definition) is 1.